The fraction of sp³-hybridized carbons (Fsp3) is 0.519. The number of benzene rings is 2. The van der Waals surface area contributed by atoms with E-state index >= 15 is 0 Å². The van der Waals surface area contributed by atoms with Gasteiger partial charge in [-0.25, -0.2) is 12.5 Å². The summed E-state index contributed by atoms with van der Waals surface area (Å²) in [5.41, 5.74) is 8.82. The van der Waals surface area contributed by atoms with Gasteiger partial charge in [0.2, 0.25) is 14.5 Å². The number of ether oxygens (including phenoxy) is 2. The van der Waals surface area contributed by atoms with E-state index in [0.29, 0.717) is 23.5 Å². The average molecular weight is 542 g/mol. The molecule has 0 aromatic heterocycles. The molecule has 0 radical (unpaired) electrons. The van der Waals surface area contributed by atoms with Crippen LogP contribution in [0.15, 0.2) is 6.07 Å². The summed E-state index contributed by atoms with van der Waals surface area (Å²) in [6.45, 7) is 8.55. The van der Waals surface area contributed by atoms with Crippen molar-refractivity contribution in [3.8, 4) is 23.3 Å². The maximum absolute atomic E-state index is 11.3. The lowest BCUT2D eigenvalue weighted by atomic mass is 9.70. The second kappa shape index (κ2) is 9.98. The van der Waals surface area contributed by atoms with Crippen molar-refractivity contribution in [2.24, 2.45) is 0 Å². The molecule has 2 aromatic rings. The molecule has 4 aliphatic heterocycles. The smallest absolute Gasteiger partial charge is 0.231 e. The Morgan fingerprint density at radius 1 is 1.22 bits per heavy atom. The molecule has 0 amide bonds. The summed E-state index contributed by atoms with van der Waals surface area (Å²) < 4.78 is 25.7. The molecule has 196 valence electrons. The Bertz CT molecular complexity index is 1360. The van der Waals surface area contributed by atoms with Crippen LogP contribution in [0.2, 0.25) is 0 Å². The molecule has 37 heavy (non-hydrogen) atoms. The number of hydrogen-bond donors (Lipinski definition) is 3. The zero-order valence-corrected chi connectivity index (χ0v) is 24.0. The fourth-order valence-electron chi connectivity index (χ4n) is 7.15. The predicted molar refractivity (Wildman–Crippen MR) is 152 cm³/mol. The van der Waals surface area contributed by atoms with Gasteiger partial charge in [-0.3, -0.25) is 9.80 Å². The van der Waals surface area contributed by atoms with Crippen molar-refractivity contribution in [1.29, 1.82) is 8.03 Å². The first-order valence-corrected chi connectivity index (χ1v) is 13.8. The number of aromatic hydroxyl groups is 1. The molecule has 0 saturated carbocycles. The largest absolute Gasteiger partial charge is 0.507 e. The maximum Gasteiger partial charge on any atom is 0.231 e. The molecule has 2 bridgehead atoms. The normalized spacial score (nSPS) is 28.0. The van der Waals surface area contributed by atoms with Gasteiger partial charge in [0.05, 0.1) is 24.8 Å². The minimum Gasteiger partial charge on any atom is -0.507 e. The topological polar surface area (TPSA) is 89.2 Å². The minimum absolute atomic E-state index is 0.00861. The first-order chi connectivity index (χ1) is 18.5. The Morgan fingerprint density at radius 2 is 1.92 bits per heavy atom. The van der Waals surface area contributed by atoms with Crippen LogP contribution in [-0.2, 0) is 12.8 Å². The first kappa shape index (κ1) is 24.1. The molecular formula is C27H35BN3O4PS. The summed E-state index contributed by atoms with van der Waals surface area (Å²) in [6.07, 6.45) is 1.06. The van der Waals surface area contributed by atoms with E-state index in [9.17, 15) is 10.4 Å². The van der Waals surface area contributed by atoms with Crippen molar-refractivity contribution < 1.29 is 19.7 Å². The number of aryl methyl sites for hydroxylation is 1. The van der Waals surface area contributed by atoms with Crippen molar-refractivity contribution in [2.75, 3.05) is 20.4 Å². The Balaban J connectivity index is 0.000000723. The first-order valence-electron chi connectivity index (χ1n) is 13.6. The molecule has 0 aliphatic carbocycles. The van der Waals surface area contributed by atoms with Crippen molar-refractivity contribution in [3.05, 3.63) is 50.6 Å². The Morgan fingerprint density at radius 3 is 2.59 bits per heavy atom. The van der Waals surface area contributed by atoms with Gasteiger partial charge in [0, 0.05) is 28.8 Å². The quantitative estimate of drug-likeness (QED) is 0.305. The van der Waals surface area contributed by atoms with Gasteiger partial charge in [0.1, 0.15) is 11.8 Å². The highest BCUT2D eigenvalue weighted by molar-refractivity contribution is 8.20. The molecular weight excluding hydrogens is 504 g/mol. The number of aliphatic hydroxyl groups excluding tert-OH is 1. The van der Waals surface area contributed by atoms with Crippen LogP contribution in [0.3, 0.4) is 0 Å². The lowest BCUT2D eigenvalue weighted by Gasteiger charge is -2.60. The van der Waals surface area contributed by atoms with E-state index in [2.05, 4.69) is 71.4 Å². The lowest BCUT2D eigenvalue weighted by molar-refractivity contribution is -0.0821. The SMILES string of the molecule is [2H]B(P)S.[3H]OC[C@H]1c2c(c(O)c(C)c3c2OCO3)CC2C3c4c(cc(C)c(C)c4C)C[C@@H]([C@H](C#N)N21)N3C. The molecule has 2 N–H and O–H groups in total. The van der Waals surface area contributed by atoms with E-state index in [1.165, 1.54) is 27.8 Å². The van der Waals surface area contributed by atoms with Gasteiger partial charge in [-0.2, -0.15) is 14.4 Å². The van der Waals surface area contributed by atoms with Gasteiger partial charge in [0.15, 0.2) is 11.5 Å². The minimum atomic E-state index is -0.403. The highest BCUT2D eigenvalue weighted by atomic mass is 32.1. The third-order valence-corrected chi connectivity index (χ3v) is 8.98. The number of fused-ring (bicyclic) bond motifs is 9. The van der Waals surface area contributed by atoms with Crippen LogP contribution in [0.25, 0.3) is 0 Å². The number of piperazine rings is 1. The zero-order valence-electron chi connectivity index (χ0n) is 23.9. The average Bonchev–Trinajstić information content (AvgIpc) is 3.37. The number of hydrogen-bond acceptors (Lipinski definition) is 8. The molecule has 1 fully saturated rings. The molecule has 4 aliphatic rings. The van der Waals surface area contributed by atoms with E-state index in [1.807, 2.05) is 6.92 Å². The zero-order chi connectivity index (χ0) is 28.3. The number of aliphatic hydroxyl groups is 1. The van der Waals surface area contributed by atoms with Gasteiger partial charge in [-0.05, 0) is 76.7 Å². The molecule has 1 saturated heterocycles. The number of phenols is 1. The van der Waals surface area contributed by atoms with Crippen molar-refractivity contribution in [1.82, 2.24) is 9.80 Å². The standard InChI is InChI=1S/C27H31N3O4.BH4PS/c1-12-6-16-7-18-20(9-28)30-19(24(29(18)5)22(16)14(3)13(12)2)8-17-23(21(30)10-31)27-26(33-11-34-27)15(4)25(17)32;2-1-3/h6,18-21,24,31-32H,7-8,10-11H2,1-5H3;1,3H,2H2/t18-,19?,20-,21-,24?;/m0./s1/i31T;1D. The van der Waals surface area contributed by atoms with Crippen LogP contribution in [0.4, 0.5) is 0 Å². The Hall–Kier alpha value is -1.95. The molecule has 7 nitrogen and oxygen atoms in total. The number of nitrogens with zero attached hydrogens (tertiary/aromatic N) is 3. The number of likely N-dealkylation sites (N-methyl/N-ethyl adjacent to an activating group) is 1. The summed E-state index contributed by atoms with van der Waals surface area (Å²) in [6, 6.07) is 4.10. The number of thiol groups is 1. The van der Waals surface area contributed by atoms with E-state index in [1.54, 1.807) is 0 Å². The highest BCUT2D eigenvalue weighted by Crippen LogP contribution is 2.56. The third-order valence-electron chi connectivity index (χ3n) is 8.98. The summed E-state index contributed by atoms with van der Waals surface area (Å²) >= 11 is 3.60. The van der Waals surface area contributed by atoms with Crippen LogP contribution in [0, 0.1) is 39.0 Å². The van der Waals surface area contributed by atoms with Gasteiger partial charge in [0.25, 0.3) is 0 Å². The third kappa shape index (κ3) is 3.79. The Labute approximate surface area is 230 Å². The number of phenolic OH excluding ortho intramolecular Hbond substituents is 1. The van der Waals surface area contributed by atoms with Gasteiger partial charge >= 0.3 is 0 Å². The van der Waals surface area contributed by atoms with Gasteiger partial charge in [-0.15, -0.1) is 0 Å². The van der Waals surface area contributed by atoms with E-state index in [-0.39, 0.29) is 43.5 Å². The summed E-state index contributed by atoms with van der Waals surface area (Å²) in [7, 11) is 4.32. The fourth-order valence-corrected chi connectivity index (χ4v) is 7.15. The molecule has 4 heterocycles. The van der Waals surface area contributed by atoms with Crippen LogP contribution < -0.4 is 9.47 Å². The summed E-state index contributed by atoms with van der Waals surface area (Å²) in [4.78, 5) is 4.63. The highest BCUT2D eigenvalue weighted by Gasteiger charge is 2.56. The van der Waals surface area contributed by atoms with E-state index in [4.69, 9.17) is 17.3 Å². The van der Waals surface area contributed by atoms with Crippen LogP contribution in [-0.4, -0.2) is 67.6 Å². The molecule has 10 heteroatoms. The summed E-state index contributed by atoms with van der Waals surface area (Å²) in [5.74, 6) is 1.37. The van der Waals surface area contributed by atoms with Crippen molar-refractivity contribution in [3.63, 3.8) is 0 Å². The molecule has 0 spiro atoms. The predicted octanol–water partition coefficient (Wildman–Crippen LogP) is 3.18. The van der Waals surface area contributed by atoms with E-state index < -0.39 is 12.1 Å². The second-order valence-electron chi connectivity index (χ2n) is 10.5. The van der Waals surface area contributed by atoms with Gasteiger partial charge < -0.3 is 19.7 Å². The van der Waals surface area contributed by atoms with Crippen LogP contribution in [0.5, 0.6) is 17.2 Å². The van der Waals surface area contributed by atoms with Gasteiger partial charge in [-0.1, -0.05) is 6.07 Å². The monoisotopic (exact) mass is 542 g/mol. The molecule has 3 unspecified atom stereocenters. The molecule has 6 atom stereocenters. The number of nitriles is 1. The maximum atomic E-state index is 11.3. The van der Waals surface area contributed by atoms with E-state index in [0.717, 1.165) is 17.5 Å². The van der Waals surface area contributed by atoms with Crippen LogP contribution in [0.1, 0.15) is 56.6 Å². The molecule has 2 aromatic carbocycles. The summed E-state index contributed by atoms with van der Waals surface area (Å²) in [5, 5.41) is 26.8. The molecule has 6 rings (SSSR count). The second-order valence-corrected chi connectivity index (χ2v) is 11.6. The Kier molecular flexibility index (Phi) is 6.51. The van der Waals surface area contributed by atoms with Crippen LogP contribution >= 0.6 is 21.6 Å². The van der Waals surface area contributed by atoms with Crippen molar-refractivity contribution >= 4 is 27.8 Å². The van der Waals surface area contributed by atoms with Crippen molar-refractivity contribution in [2.45, 2.75) is 70.7 Å². The lowest BCUT2D eigenvalue weighted by Crippen LogP contribution is -2.68. The number of rotatable bonds is 2.